The highest BCUT2D eigenvalue weighted by Gasteiger charge is 2.15. The monoisotopic (exact) mass is 237 g/mol. The molecule has 0 saturated carbocycles. The van der Waals surface area contributed by atoms with Gasteiger partial charge in [0.05, 0.1) is 0 Å². The molecule has 1 atom stereocenters. The number of likely N-dealkylation sites (N-methyl/N-ethyl adjacent to an activating group) is 1. The number of rotatable bonds is 5. The van der Waals surface area contributed by atoms with Crippen molar-refractivity contribution in [2.75, 3.05) is 24.3 Å². The van der Waals surface area contributed by atoms with Crippen molar-refractivity contribution in [3.05, 3.63) is 18.3 Å². The van der Waals surface area contributed by atoms with Gasteiger partial charge in [-0.3, -0.25) is 4.79 Å². The largest absolute Gasteiger partial charge is 0.374 e. The van der Waals surface area contributed by atoms with E-state index in [1.165, 1.54) is 0 Å². The van der Waals surface area contributed by atoms with Gasteiger partial charge in [0.15, 0.2) is 0 Å². The standard InChI is InChI=1S/C11H19N5O/c1-4-16(3)11(17)8(2)14-9-5-6-13-10(7-9)15-12/h5-8H,4,12H2,1-3H3,(H2,13,14,15). The Bertz CT molecular complexity index is 382. The number of hydrogen-bond acceptors (Lipinski definition) is 5. The van der Waals surface area contributed by atoms with Gasteiger partial charge in [-0.2, -0.15) is 0 Å². The molecule has 1 heterocycles. The first kappa shape index (κ1) is 13.2. The van der Waals surface area contributed by atoms with Crippen LogP contribution in [-0.2, 0) is 4.79 Å². The summed E-state index contributed by atoms with van der Waals surface area (Å²) >= 11 is 0. The Labute approximate surface area is 101 Å². The second-order valence-corrected chi connectivity index (χ2v) is 3.79. The van der Waals surface area contributed by atoms with Crippen LogP contribution < -0.4 is 16.6 Å². The van der Waals surface area contributed by atoms with Crippen LogP contribution in [0.1, 0.15) is 13.8 Å². The summed E-state index contributed by atoms with van der Waals surface area (Å²) in [5.74, 6) is 5.87. The molecule has 1 aromatic heterocycles. The Morgan fingerprint density at radius 1 is 1.65 bits per heavy atom. The molecule has 1 rings (SSSR count). The first-order chi connectivity index (χ1) is 8.08. The van der Waals surface area contributed by atoms with Crippen molar-refractivity contribution in [1.82, 2.24) is 9.88 Å². The molecule has 1 unspecified atom stereocenters. The summed E-state index contributed by atoms with van der Waals surface area (Å²) < 4.78 is 0. The van der Waals surface area contributed by atoms with Crippen LogP contribution in [0.5, 0.6) is 0 Å². The van der Waals surface area contributed by atoms with E-state index in [-0.39, 0.29) is 11.9 Å². The van der Waals surface area contributed by atoms with E-state index in [9.17, 15) is 4.79 Å². The second kappa shape index (κ2) is 6.05. The molecular formula is C11H19N5O. The molecule has 17 heavy (non-hydrogen) atoms. The van der Waals surface area contributed by atoms with E-state index in [0.29, 0.717) is 12.4 Å². The summed E-state index contributed by atoms with van der Waals surface area (Å²) in [6, 6.07) is 3.25. The molecule has 1 amide bonds. The summed E-state index contributed by atoms with van der Waals surface area (Å²) in [6.07, 6.45) is 1.62. The van der Waals surface area contributed by atoms with E-state index in [0.717, 1.165) is 5.69 Å². The Balaban J connectivity index is 2.67. The van der Waals surface area contributed by atoms with Gasteiger partial charge in [-0.25, -0.2) is 10.8 Å². The third-order valence-corrected chi connectivity index (χ3v) is 2.51. The highest BCUT2D eigenvalue weighted by atomic mass is 16.2. The van der Waals surface area contributed by atoms with E-state index in [1.54, 1.807) is 30.3 Å². The van der Waals surface area contributed by atoms with Gasteiger partial charge in [-0.15, -0.1) is 0 Å². The number of nitrogens with zero attached hydrogens (tertiary/aromatic N) is 2. The number of anilines is 2. The normalized spacial score (nSPS) is 11.8. The lowest BCUT2D eigenvalue weighted by atomic mass is 10.2. The minimum absolute atomic E-state index is 0.0477. The molecule has 0 bridgehead atoms. The maximum absolute atomic E-state index is 11.8. The van der Waals surface area contributed by atoms with Gasteiger partial charge in [0.2, 0.25) is 5.91 Å². The average Bonchev–Trinajstić information content (AvgIpc) is 2.37. The average molecular weight is 237 g/mol. The smallest absolute Gasteiger partial charge is 0.244 e. The number of nitrogens with two attached hydrogens (primary N) is 1. The Morgan fingerprint density at radius 2 is 2.35 bits per heavy atom. The molecule has 0 aliphatic rings. The zero-order valence-corrected chi connectivity index (χ0v) is 10.4. The van der Waals surface area contributed by atoms with Gasteiger partial charge in [-0.05, 0) is 19.9 Å². The molecule has 6 nitrogen and oxygen atoms in total. The number of hydrogen-bond donors (Lipinski definition) is 3. The SMILES string of the molecule is CCN(C)C(=O)C(C)Nc1ccnc(NN)c1. The Kier molecular flexibility index (Phi) is 4.71. The van der Waals surface area contributed by atoms with Gasteiger partial charge in [0, 0.05) is 31.5 Å². The van der Waals surface area contributed by atoms with Crippen molar-refractivity contribution in [2.45, 2.75) is 19.9 Å². The highest BCUT2D eigenvalue weighted by Crippen LogP contribution is 2.12. The topological polar surface area (TPSA) is 83.3 Å². The maximum Gasteiger partial charge on any atom is 0.244 e. The van der Waals surface area contributed by atoms with Crippen LogP contribution in [0.3, 0.4) is 0 Å². The molecule has 0 spiro atoms. The second-order valence-electron chi connectivity index (χ2n) is 3.79. The molecular weight excluding hydrogens is 218 g/mol. The number of amides is 1. The molecule has 0 radical (unpaired) electrons. The quantitative estimate of drug-likeness (QED) is 0.517. The fraction of sp³-hybridized carbons (Fsp3) is 0.455. The zero-order valence-electron chi connectivity index (χ0n) is 10.4. The molecule has 6 heteroatoms. The minimum Gasteiger partial charge on any atom is -0.374 e. The molecule has 0 fully saturated rings. The molecule has 4 N–H and O–H groups in total. The van der Waals surface area contributed by atoms with Gasteiger partial charge in [0.25, 0.3) is 0 Å². The fourth-order valence-electron chi connectivity index (χ4n) is 1.40. The molecule has 0 aliphatic heterocycles. The predicted octanol–water partition coefficient (Wildman–Crippen LogP) is 0.646. The Hall–Kier alpha value is -1.82. The van der Waals surface area contributed by atoms with Crippen molar-refractivity contribution < 1.29 is 4.79 Å². The van der Waals surface area contributed by atoms with Crippen LogP contribution in [0.15, 0.2) is 18.3 Å². The van der Waals surface area contributed by atoms with Gasteiger partial charge < -0.3 is 15.6 Å². The Morgan fingerprint density at radius 3 is 2.94 bits per heavy atom. The minimum atomic E-state index is -0.284. The molecule has 0 aromatic carbocycles. The number of nitrogen functional groups attached to an aromatic ring is 1. The summed E-state index contributed by atoms with van der Waals surface area (Å²) in [5.41, 5.74) is 3.26. The van der Waals surface area contributed by atoms with Crippen molar-refractivity contribution in [2.24, 2.45) is 5.84 Å². The van der Waals surface area contributed by atoms with Crippen LogP contribution in [0.2, 0.25) is 0 Å². The molecule has 94 valence electrons. The lowest BCUT2D eigenvalue weighted by Crippen LogP contribution is -2.38. The summed E-state index contributed by atoms with van der Waals surface area (Å²) in [5, 5.41) is 3.10. The van der Waals surface area contributed by atoms with Crippen LogP contribution in [0.25, 0.3) is 0 Å². The van der Waals surface area contributed by atoms with E-state index in [4.69, 9.17) is 5.84 Å². The van der Waals surface area contributed by atoms with Crippen molar-refractivity contribution in [1.29, 1.82) is 0 Å². The van der Waals surface area contributed by atoms with E-state index in [1.807, 2.05) is 13.8 Å². The van der Waals surface area contributed by atoms with Crippen molar-refractivity contribution >= 4 is 17.4 Å². The lowest BCUT2D eigenvalue weighted by Gasteiger charge is -2.21. The number of pyridine rings is 1. The lowest BCUT2D eigenvalue weighted by molar-refractivity contribution is -0.130. The zero-order chi connectivity index (χ0) is 12.8. The van der Waals surface area contributed by atoms with Crippen molar-refractivity contribution in [3.63, 3.8) is 0 Å². The molecule has 1 aromatic rings. The number of carbonyl (C=O) groups is 1. The van der Waals surface area contributed by atoms with E-state index >= 15 is 0 Å². The number of aromatic nitrogens is 1. The number of carbonyl (C=O) groups excluding carboxylic acids is 1. The third-order valence-electron chi connectivity index (χ3n) is 2.51. The van der Waals surface area contributed by atoms with E-state index in [2.05, 4.69) is 15.7 Å². The fourth-order valence-corrected chi connectivity index (χ4v) is 1.40. The molecule has 0 saturated heterocycles. The van der Waals surface area contributed by atoms with Crippen LogP contribution in [0, 0.1) is 0 Å². The van der Waals surface area contributed by atoms with Crippen LogP contribution in [0.4, 0.5) is 11.5 Å². The highest BCUT2D eigenvalue weighted by molar-refractivity contribution is 5.84. The van der Waals surface area contributed by atoms with Crippen molar-refractivity contribution in [3.8, 4) is 0 Å². The first-order valence-corrected chi connectivity index (χ1v) is 5.52. The predicted molar refractivity (Wildman–Crippen MR) is 68.4 cm³/mol. The molecule has 0 aliphatic carbocycles. The van der Waals surface area contributed by atoms with Crippen LogP contribution in [-0.4, -0.2) is 35.4 Å². The number of hydrazine groups is 1. The van der Waals surface area contributed by atoms with Crippen LogP contribution >= 0.6 is 0 Å². The number of nitrogens with one attached hydrogen (secondary N) is 2. The maximum atomic E-state index is 11.8. The van der Waals surface area contributed by atoms with Gasteiger partial charge in [-0.1, -0.05) is 0 Å². The van der Waals surface area contributed by atoms with Gasteiger partial charge in [0.1, 0.15) is 11.9 Å². The third kappa shape index (κ3) is 3.60. The summed E-state index contributed by atoms with van der Waals surface area (Å²) in [6.45, 7) is 4.45. The summed E-state index contributed by atoms with van der Waals surface area (Å²) in [4.78, 5) is 17.5. The first-order valence-electron chi connectivity index (χ1n) is 5.52. The summed E-state index contributed by atoms with van der Waals surface area (Å²) in [7, 11) is 1.78. The van der Waals surface area contributed by atoms with E-state index < -0.39 is 0 Å². The van der Waals surface area contributed by atoms with Gasteiger partial charge >= 0.3 is 0 Å².